The molecule has 0 amide bonds. The second-order valence-corrected chi connectivity index (χ2v) is 3.94. The number of hydrogen-bond acceptors (Lipinski definition) is 0. The Morgan fingerprint density at radius 3 is 2.43 bits per heavy atom. The Hall–Kier alpha value is -0.260. The molecular formula is C14H26. The van der Waals surface area contributed by atoms with E-state index in [4.69, 9.17) is 0 Å². The molecule has 0 aromatic heterocycles. The molecule has 0 aliphatic heterocycles. The van der Waals surface area contributed by atoms with Gasteiger partial charge >= 0.3 is 0 Å². The van der Waals surface area contributed by atoms with Gasteiger partial charge in [0.2, 0.25) is 0 Å². The van der Waals surface area contributed by atoms with Crippen LogP contribution in [0.4, 0.5) is 0 Å². The van der Waals surface area contributed by atoms with Crippen LogP contribution >= 0.6 is 0 Å². The number of unbranched alkanes of at least 4 members (excludes halogenated alkanes) is 4. The van der Waals surface area contributed by atoms with Crippen LogP contribution in [-0.4, -0.2) is 0 Å². The van der Waals surface area contributed by atoms with Crippen molar-refractivity contribution in [3.05, 3.63) is 26.0 Å². The number of hydrogen-bond donors (Lipinski definition) is 0. The first-order valence-corrected chi connectivity index (χ1v) is 6.10. The highest BCUT2D eigenvalue weighted by Crippen LogP contribution is 2.15. The van der Waals surface area contributed by atoms with Crippen LogP contribution < -0.4 is 0 Å². The molecule has 0 bridgehead atoms. The Morgan fingerprint density at radius 1 is 1.07 bits per heavy atom. The first kappa shape index (κ1) is 13.7. The van der Waals surface area contributed by atoms with E-state index in [9.17, 15) is 0 Å². The molecule has 0 rings (SSSR count). The fourth-order valence-corrected chi connectivity index (χ4v) is 1.60. The van der Waals surface area contributed by atoms with Gasteiger partial charge in [0.15, 0.2) is 0 Å². The van der Waals surface area contributed by atoms with Crippen molar-refractivity contribution in [3.63, 3.8) is 0 Å². The largest absolute Gasteiger partial charge is 0.0883 e. The van der Waals surface area contributed by atoms with Crippen LogP contribution in [0.3, 0.4) is 0 Å². The Balaban J connectivity index is 3.47. The third-order valence-corrected chi connectivity index (χ3v) is 2.63. The van der Waals surface area contributed by atoms with Gasteiger partial charge in [-0.2, -0.15) is 0 Å². The molecule has 2 radical (unpaired) electrons. The van der Waals surface area contributed by atoms with Gasteiger partial charge in [-0.3, -0.25) is 0 Å². The van der Waals surface area contributed by atoms with E-state index in [1.54, 1.807) is 0 Å². The summed E-state index contributed by atoms with van der Waals surface area (Å²) in [6.07, 6.45) is 14.6. The monoisotopic (exact) mass is 194 g/mol. The Bertz CT molecular complexity index is 124. The van der Waals surface area contributed by atoms with Crippen LogP contribution in [0.25, 0.3) is 0 Å². The molecule has 1 atom stereocenters. The van der Waals surface area contributed by atoms with Gasteiger partial charge in [-0.25, -0.2) is 0 Å². The molecule has 0 nitrogen and oxygen atoms in total. The van der Waals surface area contributed by atoms with E-state index in [0.29, 0.717) is 0 Å². The maximum Gasteiger partial charge on any atom is -0.0236 e. The predicted molar refractivity (Wildman–Crippen MR) is 66.0 cm³/mol. The highest BCUT2D eigenvalue weighted by Gasteiger charge is 2.00. The SMILES string of the molecule is [CH2]CCC=CC(CC)CCCCC[CH2]. The molecule has 0 aromatic carbocycles. The average molecular weight is 194 g/mol. The lowest BCUT2D eigenvalue weighted by Gasteiger charge is -2.09. The second-order valence-electron chi connectivity index (χ2n) is 3.94. The zero-order valence-corrected chi connectivity index (χ0v) is 9.80. The van der Waals surface area contributed by atoms with Gasteiger partial charge in [-0.05, 0) is 31.6 Å². The zero-order chi connectivity index (χ0) is 10.6. The van der Waals surface area contributed by atoms with Crippen molar-refractivity contribution in [1.29, 1.82) is 0 Å². The average Bonchev–Trinajstić information content (AvgIpc) is 2.22. The van der Waals surface area contributed by atoms with E-state index in [-0.39, 0.29) is 0 Å². The van der Waals surface area contributed by atoms with Crippen molar-refractivity contribution in [2.45, 2.75) is 58.3 Å². The highest BCUT2D eigenvalue weighted by atomic mass is 14.1. The lowest BCUT2D eigenvalue weighted by Crippen LogP contribution is -1.94. The Labute approximate surface area is 90.8 Å². The lowest BCUT2D eigenvalue weighted by molar-refractivity contribution is 0.520. The van der Waals surface area contributed by atoms with Crippen molar-refractivity contribution in [3.8, 4) is 0 Å². The molecule has 0 fully saturated rings. The Morgan fingerprint density at radius 2 is 1.86 bits per heavy atom. The van der Waals surface area contributed by atoms with Crippen LogP contribution in [-0.2, 0) is 0 Å². The van der Waals surface area contributed by atoms with Crippen LogP contribution in [0, 0.1) is 19.8 Å². The van der Waals surface area contributed by atoms with Gasteiger partial charge in [0, 0.05) is 0 Å². The van der Waals surface area contributed by atoms with Crippen molar-refractivity contribution in [2.24, 2.45) is 5.92 Å². The van der Waals surface area contributed by atoms with Gasteiger partial charge in [0.25, 0.3) is 0 Å². The summed E-state index contributed by atoms with van der Waals surface area (Å²) in [7, 11) is 0. The molecule has 0 aliphatic rings. The molecule has 0 heteroatoms. The van der Waals surface area contributed by atoms with Gasteiger partial charge in [-0.1, -0.05) is 58.6 Å². The summed E-state index contributed by atoms with van der Waals surface area (Å²) in [4.78, 5) is 0. The molecule has 0 aromatic rings. The standard InChI is InChI=1S/C14H26/c1-4-7-9-11-13-14(6-3)12-10-8-5-2/h10,12,14H,1-2,4-9,11,13H2,3H3. The minimum atomic E-state index is 0.798. The van der Waals surface area contributed by atoms with E-state index in [2.05, 4.69) is 32.9 Å². The van der Waals surface area contributed by atoms with Crippen molar-refractivity contribution in [2.75, 3.05) is 0 Å². The van der Waals surface area contributed by atoms with Gasteiger partial charge in [0.05, 0.1) is 0 Å². The molecule has 0 saturated heterocycles. The fourth-order valence-electron chi connectivity index (χ4n) is 1.60. The maximum absolute atomic E-state index is 3.86. The van der Waals surface area contributed by atoms with E-state index >= 15 is 0 Å². The van der Waals surface area contributed by atoms with Crippen LogP contribution in [0.1, 0.15) is 58.3 Å². The summed E-state index contributed by atoms with van der Waals surface area (Å²) in [6, 6.07) is 0. The molecule has 0 aliphatic carbocycles. The molecule has 14 heavy (non-hydrogen) atoms. The number of rotatable bonds is 9. The molecule has 0 N–H and O–H groups in total. The molecule has 0 saturated carbocycles. The first-order chi connectivity index (χ1) is 6.85. The lowest BCUT2D eigenvalue weighted by atomic mass is 9.97. The molecule has 0 heterocycles. The fraction of sp³-hybridized carbons (Fsp3) is 0.714. The van der Waals surface area contributed by atoms with Gasteiger partial charge in [0.1, 0.15) is 0 Å². The summed E-state index contributed by atoms with van der Waals surface area (Å²) in [5, 5.41) is 0. The van der Waals surface area contributed by atoms with E-state index in [1.807, 2.05) is 0 Å². The Kier molecular flexibility index (Phi) is 10.6. The maximum atomic E-state index is 3.86. The minimum absolute atomic E-state index is 0.798. The molecular weight excluding hydrogens is 168 g/mol. The smallest absolute Gasteiger partial charge is 0.0236 e. The van der Waals surface area contributed by atoms with Gasteiger partial charge in [-0.15, -0.1) is 0 Å². The summed E-state index contributed by atoms with van der Waals surface area (Å²) in [6.45, 7) is 9.98. The van der Waals surface area contributed by atoms with Crippen molar-refractivity contribution in [1.82, 2.24) is 0 Å². The zero-order valence-electron chi connectivity index (χ0n) is 9.80. The molecule has 0 spiro atoms. The van der Waals surface area contributed by atoms with E-state index < -0.39 is 0 Å². The van der Waals surface area contributed by atoms with Gasteiger partial charge < -0.3 is 0 Å². The summed E-state index contributed by atoms with van der Waals surface area (Å²) < 4.78 is 0. The van der Waals surface area contributed by atoms with Crippen LogP contribution in [0.2, 0.25) is 0 Å². The predicted octanol–water partition coefficient (Wildman–Crippen LogP) is 4.97. The second kappa shape index (κ2) is 10.8. The highest BCUT2D eigenvalue weighted by molar-refractivity contribution is 4.87. The van der Waals surface area contributed by atoms with E-state index in [1.165, 1.54) is 32.1 Å². The summed E-state index contributed by atoms with van der Waals surface area (Å²) in [5.41, 5.74) is 0. The normalized spacial score (nSPS) is 13.6. The third-order valence-electron chi connectivity index (χ3n) is 2.63. The summed E-state index contributed by atoms with van der Waals surface area (Å²) in [5.74, 6) is 0.798. The van der Waals surface area contributed by atoms with E-state index in [0.717, 1.165) is 25.2 Å². The number of allylic oxidation sites excluding steroid dienone is 2. The molecule has 1 unspecified atom stereocenters. The quantitative estimate of drug-likeness (QED) is 0.359. The van der Waals surface area contributed by atoms with Crippen molar-refractivity contribution >= 4 is 0 Å². The topological polar surface area (TPSA) is 0 Å². The summed E-state index contributed by atoms with van der Waals surface area (Å²) >= 11 is 0. The van der Waals surface area contributed by atoms with Crippen molar-refractivity contribution < 1.29 is 0 Å². The van der Waals surface area contributed by atoms with Crippen LogP contribution in [0.5, 0.6) is 0 Å². The third kappa shape index (κ3) is 8.34. The van der Waals surface area contributed by atoms with Crippen LogP contribution in [0.15, 0.2) is 12.2 Å². The molecule has 82 valence electrons. The minimum Gasteiger partial charge on any atom is -0.0883 e. The first-order valence-electron chi connectivity index (χ1n) is 6.10.